The van der Waals surface area contributed by atoms with Gasteiger partial charge in [0.2, 0.25) is 15.9 Å². The van der Waals surface area contributed by atoms with Crippen LogP contribution in [0.25, 0.3) is 22.0 Å². The molecule has 1 aliphatic heterocycles. The zero-order valence-electron chi connectivity index (χ0n) is 16.2. The minimum absolute atomic E-state index is 0.0104. The summed E-state index contributed by atoms with van der Waals surface area (Å²) in [7, 11) is -3.79. The van der Waals surface area contributed by atoms with Crippen molar-refractivity contribution in [3.63, 3.8) is 0 Å². The van der Waals surface area contributed by atoms with Crippen LogP contribution in [0.2, 0.25) is 0 Å². The van der Waals surface area contributed by atoms with Crippen LogP contribution in [-0.4, -0.2) is 66.4 Å². The van der Waals surface area contributed by atoms with E-state index in [-0.39, 0.29) is 36.3 Å². The molecule has 0 spiro atoms. The first kappa shape index (κ1) is 20.5. The number of carbonyl (C=O) groups excluding carboxylic acids is 1. The molecule has 1 fully saturated rings. The smallest absolute Gasteiger partial charge is 0.243 e. The number of nitrogens with zero attached hydrogens (tertiary/aromatic N) is 2. The number of amides is 1. The number of H-pyrrole nitrogens is 1. The average molecular weight is 431 g/mol. The average Bonchev–Trinajstić information content (AvgIpc) is 3.16. The number of aromatic nitrogens is 1. The summed E-state index contributed by atoms with van der Waals surface area (Å²) in [5.41, 5.74) is 2.32. The van der Waals surface area contributed by atoms with Gasteiger partial charge in [0.05, 0.1) is 11.4 Å². The number of fused-ring (bicyclic) bond motifs is 1. The number of piperazine rings is 1. The van der Waals surface area contributed by atoms with E-state index in [9.17, 15) is 17.6 Å². The number of rotatable bonds is 6. The first-order valence-electron chi connectivity index (χ1n) is 9.66. The maximum absolute atomic E-state index is 13.4. The van der Waals surface area contributed by atoms with Gasteiger partial charge in [-0.3, -0.25) is 4.79 Å². The number of benzene rings is 2. The van der Waals surface area contributed by atoms with Crippen molar-refractivity contribution in [2.24, 2.45) is 0 Å². The number of hydrogen-bond acceptors (Lipinski definition) is 4. The highest BCUT2D eigenvalue weighted by Crippen LogP contribution is 2.30. The van der Waals surface area contributed by atoms with Crippen molar-refractivity contribution in [1.29, 1.82) is 0 Å². The Kier molecular flexibility index (Phi) is 5.59. The maximum atomic E-state index is 13.4. The van der Waals surface area contributed by atoms with Gasteiger partial charge in [-0.1, -0.05) is 12.1 Å². The molecule has 1 amide bonds. The van der Waals surface area contributed by atoms with Gasteiger partial charge >= 0.3 is 0 Å². The Morgan fingerprint density at radius 1 is 1.10 bits per heavy atom. The fourth-order valence-electron chi connectivity index (χ4n) is 3.68. The van der Waals surface area contributed by atoms with Crippen LogP contribution in [0.15, 0.2) is 53.6 Å². The predicted molar refractivity (Wildman–Crippen MR) is 111 cm³/mol. The van der Waals surface area contributed by atoms with Gasteiger partial charge in [-0.05, 0) is 42.3 Å². The van der Waals surface area contributed by atoms with E-state index < -0.39 is 10.0 Å². The molecule has 0 saturated carbocycles. The van der Waals surface area contributed by atoms with Crippen LogP contribution in [-0.2, 0) is 14.8 Å². The topological polar surface area (TPSA) is 93.7 Å². The minimum atomic E-state index is -3.79. The van der Waals surface area contributed by atoms with E-state index in [0.717, 1.165) is 16.5 Å². The molecule has 0 unspecified atom stereocenters. The highest BCUT2D eigenvalue weighted by molar-refractivity contribution is 7.89. The summed E-state index contributed by atoms with van der Waals surface area (Å²) in [6, 6.07) is 10.9. The molecule has 1 aromatic heterocycles. The van der Waals surface area contributed by atoms with E-state index in [1.165, 1.54) is 28.6 Å². The van der Waals surface area contributed by atoms with Gasteiger partial charge in [0.1, 0.15) is 5.82 Å². The summed E-state index contributed by atoms with van der Waals surface area (Å²) in [6.07, 6.45) is 2.23. The van der Waals surface area contributed by atoms with Crippen molar-refractivity contribution in [2.45, 2.75) is 11.3 Å². The number of aliphatic hydroxyl groups is 1. The molecular formula is C21H22FN3O4S. The zero-order valence-corrected chi connectivity index (χ0v) is 17.0. The van der Waals surface area contributed by atoms with Gasteiger partial charge in [-0.15, -0.1) is 0 Å². The van der Waals surface area contributed by atoms with Crippen LogP contribution < -0.4 is 0 Å². The van der Waals surface area contributed by atoms with Gasteiger partial charge in [-0.25, -0.2) is 12.8 Å². The largest absolute Gasteiger partial charge is 0.396 e. The number of halogens is 1. The third-order valence-electron chi connectivity index (χ3n) is 5.32. The SMILES string of the molecule is O=C1CN(S(=O)(=O)c2ccc(-c3c[nH]c4cc(F)ccc34)cc2)CCN1CCCO. The molecule has 2 N–H and O–H groups in total. The highest BCUT2D eigenvalue weighted by Gasteiger charge is 2.32. The third kappa shape index (κ3) is 3.83. The van der Waals surface area contributed by atoms with E-state index in [4.69, 9.17) is 5.11 Å². The van der Waals surface area contributed by atoms with Crippen LogP contribution in [0, 0.1) is 5.82 Å². The fraction of sp³-hybridized carbons (Fsp3) is 0.286. The Morgan fingerprint density at radius 3 is 2.57 bits per heavy atom. The van der Waals surface area contributed by atoms with E-state index >= 15 is 0 Å². The Bertz CT molecular complexity index is 1170. The molecule has 2 aromatic carbocycles. The Hall–Kier alpha value is -2.75. The summed E-state index contributed by atoms with van der Waals surface area (Å²) < 4.78 is 40.5. The number of nitrogens with one attached hydrogen (secondary N) is 1. The highest BCUT2D eigenvalue weighted by atomic mass is 32.2. The van der Waals surface area contributed by atoms with E-state index in [2.05, 4.69) is 4.98 Å². The number of aromatic amines is 1. The van der Waals surface area contributed by atoms with Crippen molar-refractivity contribution in [2.75, 3.05) is 32.8 Å². The summed E-state index contributed by atoms with van der Waals surface area (Å²) in [4.78, 5) is 17.0. The number of sulfonamides is 1. The number of aliphatic hydroxyl groups excluding tert-OH is 1. The summed E-state index contributed by atoms with van der Waals surface area (Å²) in [6.45, 7) is 0.733. The van der Waals surface area contributed by atoms with Crippen LogP contribution in [0.5, 0.6) is 0 Å². The molecule has 4 rings (SSSR count). The molecular weight excluding hydrogens is 409 g/mol. The van der Waals surface area contributed by atoms with Crippen molar-refractivity contribution >= 4 is 26.8 Å². The fourth-order valence-corrected chi connectivity index (χ4v) is 5.06. The third-order valence-corrected chi connectivity index (χ3v) is 7.18. The maximum Gasteiger partial charge on any atom is 0.243 e. The molecule has 7 nitrogen and oxygen atoms in total. The second-order valence-corrected chi connectivity index (χ2v) is 9.15. The first-order valence-corrected chi connectivity index (χ1v) is 11.1. The Balaban J connectivity index is 1.54. The molecule has 9 heteroatoms. The molecule has 0 bridgehead atoms. The van der Waals surface area contributed by atoms with E-state index in [0.29, 0.717) is 25.0 Å². The predicted octanol–water partition coefficient (Wildman–Crippen LogP) is 2.19. The lowest BCUT2D eigenvalue weighted by Crippen LogP contribution is -2.52. The number of hydrogen-bond donors (Lipinski definition) is 2. The van der Waals surface area contributed by atoms with Crippen LogP contribution in [0.1, 0.15) is 6.42 Å². The van der Waals surface area contributed by atoms with Crippen molar-refractivity contribution in [1.82, 2.24) is 14.2 Å². The zero-order chi connectivity index (χ0) is 21.3. The first-order chi connectivity index (χ1) is 14.4. The molecule has 0 aliphatic carbocycles. The van der Waals surface area contributed by atoms with Gasteiger partial charge in [0.25, 0.3) is 0 Å². The van der Waals surface area contributed by atoms with Gasteiger partial charge in [0.15, 0.2) is 0 Å². The van der Waals surface area contributed by atoms with Gasteiger partial charge < -0.3 is 15.0 Å². The lowest BCUT2D eigenvalue weighted by molar-refractivity contribution is -0.134. The lowest BCUT2D eigenvalue weighted by atomic mass is 10.1. The molecule has 1 saturated heterocycles. The van der Waals surface area contributed by atoms with Gasteiger partial charge in [-0.2, -0.15) is 4.31 Å². The van der Waals surface area contributed by atoms with Gasteiger partial charge in [0, 0.05) is 48.9 Å². The second-order valence-electron chi connectivity index (χ2n) is 7.21. The van der Waals surface area contributed by atoms with Crippen LogP contribution in [0.3, 0.4) is 0 Å². The van der Waals surface area contributed by atoms with Crippen LogP contribution >= 0.6 is 0 Å². The molecule has 0 radical (unpaired) electrons. The Morgan fingerprint density at radius 2 is 1.87 bits per heavy atom. The monoisotopic (exact) mass is 431 g/mol. The standard InChI is InChI=1S/C21H22FN3O4S/c22-16-4-7-18-19(13-23-20(18)12-16)15-2-5-17(6-3-15)30(28,29)25-10-9-24(8-1-11-26)21(27)14-25/h2-7,12-13,23,26H,1,8-11,14H2. The molecule has 2 heterocycles. The summed E-state index contributed by atoms with van der Waals surface area (Å²) in [5, 5.41) is 9.76. The van der Waals surface area contributed by atoms with Crippen molar-refractivity contribution < 1.29 is 22.7 Å². The molecule has 1 aliphatic rings. The normalized spacial score (nSPS) is 15.8. The van der Waals surface area contributed by atoms with Crippen molar-refractivity contribution in [3.05, 3.63) is 54.5 Å². The molecule has 30 heavy (non-hydrogen) atoms. The lowest BCUT2D eigenvalue weighted by Gasteiger charge is -2.33. The molecule has 158 valence electrons. The van der Waals surface area contributed by atoms with E-state index in [1.54, 1.807) is 29.3 Å². The number of carbonyl (C=O) groups is 1. The summed E-state index contributed by atoms with van der Waals surface area (Å²) >= 11 is 0. The molecule has 0 atom stereocenters. The summed E-state index contributed by atoms with van der Waals surface area (Å²) in [5.74, 6) is -0.593. The Labute approximate surface area is 173 Å². The second kappa shape index (κ2) is 8.17. The van der Waals surface area contributed by atoms with E-state index in [1.807, 2.05) is 0 Å². The van der Waals surface area contributed by atoms with Crippen LogP contribution in [0.4, 0.5) is 4.39 Å². The molecule has 3 aromatic rings. The quantitative estimate of drug-likeness (QED) is 0.626. The minimum Gasteiger partial charge on any atom is -0.396 e. The van der Waals surface area contributed by atoms with Crippen molar-refractivity contribution in [3.8, 4) is 11.1 Å².